The van der Waals surface area contributed by atoms with Crippen molar-refractivity contribution in [3.8, 4) is 0 Å². The monoisotopic (exact) mass is 459 g/mol. The summed E-state index contributed by atoms with van der Waals surface area (Å²) < 4.78 is 5.38. The molecule has 1 amide bonds. The molecule has 31 heavy (non-hydrogen) atoms. The number of nitrogens with one attached hydrogen (secondary N) is 3. The topological polar surface area (TPSA) is 135 Å². The third-order valence-corrected chi connectivity index (χ3v) is 5.84. The summed E-state index contributed by atoms with van der Waals surface area (Å²) in [5.74, 6) is -0.0431. The first kappa shape index (κ1) is 21.0. The second-order valence-electron chi connectivity index (χ2n) is 7.07. The van der Waals surface area contributed by atoms with E-state index in [0.717, 1.165) is 24.8 Å². The number of aromatic nitrogens is 1. The van der Waals surface area contributed by atoms with Crippen LogP contribution in [0.3, 0.4) is 0 Å². The van der Waals surface area contributed by atoms with Crippen LogP contribution in [0.2, 0.25) is 10.0 Å². The van der Waals surface area contributed by atoms with Gasteiger partial charge in [0.05, 0.1) is 39.4 Å². The van der Waals surface area contributed by atoms with Crippen LogP contribution in [0.4, 0.5) is 17.2 Å². The molecule has 1 aliphatic heterocycles. The predicted octanol–water partition coefficient (Wildman–Crippen LogP) is 3.75. The average molecular weight is 460 g/mol. The molecule has 9 nitrogen and oxygen atoms in total. The number of benzene rings is 2. The van der Waals surface area contributed by atoms with E-state index in [1.54, 1.807) is 24.3 Å². The van der Waals surface area contributed by atoms with E-state index < -0.39 is 0 Å². The molecule has 1 aliphatic rings. The van der Waals surface area contributed by atoms with Gasteiger partial charge in [-0.3, -0.25) is 20.5 Å². The van der Waals surface area contributed by atoms with E-state index >= 15 is 0 Å². The number of fused-ring (bicyclic) bond motifs is 1. The number of rotatable bonds is 6. The average Bonchev–Trinajstić information content (AvgIpc) is 3.37. The van der Waals surface area contributed by atoms with Crippen molar-refractivity contribution in [2.45, 2.75) is 12.5 Å². The number of carbonyl (C=O) groups is 1. The Morgan fingerprint density at radius 3 is 2.74 bits per heavy atom. The number of amides is 1. The molecule has 1 saturated heterocycles. The molecule has 2 heterocycles. The molecular formula is C20H19Cl2N7O2. The molecule has 1 atom stereocenters. The summed E-state index contributed by atoms with van der Waals surface area (Å²) in [6.45, 7) is 1.29. The Hall–Kier alpha value is -3.30. The molecule has 11 heteroatoms. The second kappa shape index (κ2) is 8.44. The van der Waals surface area contributed by atoms with Crippen molar-refractivity contribution >= 4 is 69.9 Å². The summed E-state index contributed by atoms with van der Waals surface area (Å²) in [5, 5.41) is 22.7. The Kier molecular flexibility index (Phi) is 5.71. The molecule has 0 aliphatic carbocycles. The highest BCUT2D eigenvalue weighted by atomic mass is 35.5. The number of nitrogens with two attached hydrogens (primary N) is 1. The zero-order valence-corrected chi connectivity index (χ0v) is 17.7. The molecule has 0 saturated carbocycles. The number of hydrogen-bond acceptors (Lipinski definition) is 7. The Morgan fingerprint density at radius 1 is 1.26 bits per heavy atom. The summed E-state index contributed by atoms with van der Waals surface area (Å²) in [4.78, 5) is 16.1. The maximum Gasteiger partial charge on any atom is 0.253 e. The van der Waals surface area contributed by atoms with Crippen LogP contribution in [0.15, 0.2) is 34.9 Å². The lowest BCUT2D eigenvalue weighted by atomic mass is 10.1. The van der Waals surface area contributed by atoms with Crippen molar-refractivity contribution in [3.05, 3.63) is 45.9 Å². The first-order valence-electron chi connectivity index (χ1n) is 9.41. The van der Waals surface area contributed by atoms with Gasteiger partial charge in [-0.05, 0) is 36.8 Å². The number of anilines is 3. The van der Waals surface area contributed by atoms with Crippen LogP contribution >= 0.6 is 23.2 Å². The number of hydrogen-bond donors (Lipinski definition) is 4. The molecule has 5 N–H and O–H groups in total. The van der Waals surface area contributed by atoms with Gasteiger partial charge in [0.15, 0.2) is 11.4 Å². The molecule has 1 aromatic heterocycles. The predicted molar refractivity (Wildman–Crippen MR) is 123 cm³/mol. The Labute approximate surface area is 187 Å². The zero-order valence-electron chi connectivity index (χ0n) is 16.2. The van der Waals surface area contributed by atoms with Gasteiger partial charge in [-0.1, -0.05) is 28.4 Å². The molecule has 1 fully saturated rings. The van der Waals surface area contributed by atoms with Gasteiger partial charge in [-0.2, -0.15) is 0 Å². The molecular weight excluding hydrogens is 441 g/mol. The maximum atomic E-state index is 12.8. The lowest BCUT2D eigenvalue weighted by Gasteiger charge is -2.19. The highest BCUT2D eigenvalue weighted by molar-refractivity contribution is 6.36. The van der Waals surface area contributed by atoms with Crippen LogP contribution in [0.1, 0.15) is 16.8 Å². The second-order valence-corrected chi connectivity index (χ2v) is 7.89. The highest BCUT2D eigenvalue weighted by Crippen LogP contribution is 2.36. The fourth-order valence-electron chi connectivity index (χ4n) is 3.66. The van der Waals surface area contributed by atoms with E-state index in [-0.39, 0.29) is 22.8 Å². The normalized spacial score (nSPS) is 15.8. The molecule has 2 aromatic carbocycles. The maximum absolute atomic E-state index is 12.8. The summed E-state index contributed by atoms with van der Waals surface area (Å²) in [5.41, 5.74) is 8.06. The smallest absolute Gasteiger partial charge is 0.253 e. The molecule has 160 valence electrons. The van der Waals surface area contributed by atoms with Gasteiger partial charge < -0.3 is 20.5 Å². The van der Waals surface area contributed by atoms with Crippen molar-refractivity contribution in [2.75, 3.05) is 28.6 Å². The minimum Gasteiger partial charge on any atom is -0.380 e. The van der Waals surface area contributed by atoms with Gasteiger partial charge in [0.2, 0.25) is 0 Å². The number of nitrogens with zero attached hydrogens (tertiary/aromatic N) is 3. The first-order valence-corrected chi connectivity index (χ1v) is 10.2. The largest absolute Gasteiger partial charge is 0.380 e. The Morgan fingerprint density at radius 2 is 2.03 bits per heavy atom. The lowest BCUT2D eigenvalue weighted by Crippen LogP contribution is -2.37. The number of nitrogen functional groups attached to an aromatic ring is 1. The third kappa shape index (κ3) is 3.89. The Bertz CT molecular complexity index is 1170. The quantitative estimate of drug-likeness (QED) is 0.327. The van der Waals surface area contributed by atoms with E-state index in [4.69, 9.17) is 44.3 Å². The number of carbonyl (C=O) groups excluding carboxylic acids is 1. The van der Waals surface area contributed by atoms with Crippen LogP contribution in [0.5, 0.6) is 0 Å². The zero-order chi connectivity index (χ0) is 22.1. The van der Waals surface area contributed by atoms with Crippen molar-refractivity contribution in [2.24, 2.45) is 0 Å². The standard InChI is InChI=1S/C20H19Cl2N7O2/c21-14-3-4-16(18-17(14)19(25)27-31-18)28-6-5-11(8-28)26-20(30)13-2-1-12(7-15(13)22)29(9-23)10-24/h1-4,7,9-11,23-24H,5-6,8H2,(H2,25,27)(H,26,30)/t11-/m1/s1. The fraction of sp³-hybridized carbons (Fsp3) is 0.200. The van der Waals surface area contributed by atoms with Crippen LogP contribution in [-0.2, 0) is 0 Å². The van der Waals surface area contributed by atoms with E-state index in [1.807, 2.05) is 6.07 Å². The van der Waals surface area contributed by atoms with Gasteiger partial charge in [0, 0.05) is 24.8 Å². The minimum atomic E-state index is -0.287. The fourth-order valence-corrected chi connectivity index (χ4v) is 4.17. The van der Waals surface area contributed by atoms with Crippen molar-refractivity contribution < 1.29 is 9.32 Å². The van der Waals surface area contributed by atoms with Gasteiger partial charge in [-0.15, -0.1) is 0 Å². The van der Waals surface area contributed by atoms with Crippen molar-refractivity contribution in [1.29, 1.82) is 10.8 Å². The van der Waals surface area contributed by atoms with E-state index in [2.05, 4.69) is 15.4 Å². The summed E-state index contributed by atoms with van der Waals surface area (Å²) in [6, 6.07) is 8.29. The first-order chi connectivity index (χ1) is 14.9. The SMILES string of the molecule is N=CN(C=N)c1ccc(C(=O)N[C@@H]2CCN(c3ccc(Cl)c4c(N)noc34)C2)c(Cl)c1. The van der Waals surface area contributed by atoms with Gasteiger partial charge in [-0.25, -0.2) is 0 Å². The summed E-state index contributed by atoms with van der Waals surface area (Å²) in [6.07, 6.45) is 2.72. The van der Waals surface area contributed by atoms with Crippen LogP contribution < -0.4 is 20.9 Å². The molecule has 0 bridgehead atoms. The minimum absolute atomic E-state index is 0.0890. The van der Waals surface area contributed by atoms with Gasteiger partial charge in [0.1, 0.15) is 0 Å². The van der Waals surface area contributed by atoms with Crippen molar-refractivity contribution in [3.63, 3.8) is 0 Å². The van der Waals surface area contributed by atoms with E-state index in [1.165, 1.54) is 4.90 Å². The van der Waals surface area contributed by atoms with Crippen LogP contribution in [-0.4, -0.2) is 42.9 Å². The van der Waals surface area contributed by atoms with Gasteiger partial charge >= 0.3 is 0 Å². The lowest BCUT2D eigenvalue weighted by molar-refractivity contribution is 0.0940. The third-order valence-electron chi connectivity index (χ3n) is 5.22. The molecule has 3 aromatic rings. The van der Waals surface area contributed by atoms with E-state index in [9.17, 15) is 4.79 Å². The highest BCUT2D eigenvalue weighted by Gasteiger charge is 2.28. The molecule has 0 spiro atoms. The van der Waals surface area contributed by atoms with Crippen molar-refractivity contribution in [1.82, 2.24) is 10.5 Å². The van der Waals surface area contributed by atoms with Crippen LogP contribution in [0.25, 0.3) is 11.0 Å². The molecule has 0 unspecified atom stereocenters. The molecule has 4 rings (SSSR count). The summed E-state index contributed by atoms with van der Waals surface area (Å²) in [7, 11) is 0. The Balaban J connectivity index is 1.48. The van der Waals surface area contributed by atoms with E-state index in [0.29, 0.717) is 40.3 Å². The van der Waals surface area contributed by atoms with Crippen LogP contribution in [0, 0.1) is 10.8 Å². The molecule has 0 radical (unpaired) electrons. The summed E-state index contributed by atoms with van der Waals surface area (Å²) >= 11 is 12.5. The van der Waals surface area contributed by atoms with Gasteiger partial charge in [0.25, 0.3) is 5.91 Å². The number of halogens is 2.